The van der Waals surface area contributed by atoms with E-state index in [0.29, 0.717) is 12.2 Å². The van der Waals surface area contributed by atoms with Gasteiger partial charge in [-0.25, -0.2) is 9.59 Å². The van der Waals surface area contributed by atoms with Crippen molar-refractivity contribution >= 4 is 17.7 Å². The molecule has 3 N–H and O–H groups in total. The lowest BCUT2D eigenvalue weighted by Crippen LogP contribution is -2.29. The van der Waals surface area contributed by atoms with Crippen LogP contribution in [0.15, 0.2) is 18.2 Å². The van der Waals surface area contributed by atoms with Crippen LogP contribution < -0.4 is 10.6 Å². The van der Waals surface area contributed by atoms with Crippen LogP contribution in [0.2, 0.25) is 0 Å². The van der Waals surface area contributed by atoms with E-state index in [2.05, 4.69) is 10.6 Å². The number of unbranched alkanes of at least 4 members (excludes halogenated alkanes) is 1. The number of amides is 2. The van der Waals surface area contributed by atoms with Crippen molar-refractivity contribution in [3.63, 3.8) is 0 Å². The number of aromatic carboxylic acids is 1. The molecular weight excluding hydrogens is 232 g/mol. The molecule has 0 atom stereocenters. The zero-order chi connectivity index (χ0) is 13.5. The summed E-state index contributed by atoms with van der Waals surface area (Å²) < 4.78 is 0. The number of carbonyl (C=O) groups is 2. The molecule has 1 aromatic carbocycles. The summed E-state index contributed by atoms with van der Waals surface area (Å²) in [6, 6.07) is 4.33. The highest BCUT2D eigenvalue weighted by Crippen LogP contribution is 2.16. The number of carbonyl (C=O) groups excluding carboxylic acids is 1. The summed E-state index contributed by atoms with van der Waals surface area (Å²) in [5.41, 5.74) is 1.55. The molecule has 1 aromatic rings. The fourth-order valence-electron chi connectivity index (χ4n) is 1.48. The Morgan fingerprint density at radius 2 is 2.06 bits per heavy atom. The molecule has 1 rings (SSSR count). The smallest absolute Gasteiger partial charge is 0.335 e. The summed E-state index contributed by atoms with van der Waals surface area (Å²) in [4.78, 5) is 22.3. The van der Waals surface area contributed by atoms with E-state index >= 15 is 0 Å². The van der Waals surface area contributed by atoms with Crippen LogP contribution in [0, 0.1) is 6.92 Å². The Bertz CT molecular complexity index is 444. The minimum Gasteiger partial charge on any atom is -0.478 e. The van der Waals surface area contributed by atoms with Crippen molar-refractivity contribution in [3.05, 3.63) is 29.3 Å². The summed E-state index contributed by atoms with van der Waals surface area (Å²) in [5.74, 6) is -0.975. The van der Waals surface area contributed by atoms with E-state index in [0.717, 1.165) is 18.4 Å². The van der Waals surface area contributed by atoms with Gasteiger partial charge in [-0.1, -0.05) is 13.3 Å². The minimum atomic E-state index is -0.975. The second-order valence-corrected chi connectivity index (χ2v) is 4.07. The first-order chi connectivity index (χ1) is 8.54. The number of hydrogen-bond donors (Lipinski definition) is 3. The first kappa shape index (κ1) is 14.0. The maximum atomic E-state index is 11.5. The van der Waals surface area contributed by atoms with E-state index in [1.807, 2.05) is 6.92 Å². The second kappa shape index (κ2) is 6.64. The molecule has 98 valence electrons. The summed E-state index contributed by atoms with van der Waals surface area (Å²) >= 11 is 0. The highest BCUT2D eigenvalue weighted by atomic mass is 16.4. The van der Waals surface area contributed by atoms with Gasteiger partial charge in [0.2, 0.25) is 0 Å². The zero-order valence-electron chi connectivity index (χ0n) is 10.6. The van der Waals surface area contributed by atoms with Gasteiger partial charge in [-0.2, -0.15) is 0 Å². The quantitative estimate of drug-likeness (QED) is 0.703. The third kappa shape index (κ3) is 4.08. The summed E-state index contributed by atoms with van der Waals surface area (Å²) in [5, 5.41) is 14.2. The standard InChI is InChI=1S/C13H18N2O3/c1-3-4-7-14-13(18)15-11-6-5-10(12(16)17)8-9(11)2/h5-6,8H,3-4,7H2,1-2H3,(H,16,17)(H2,14,15,18). The number of hydrogen-bond acceptors (Lipinski definition) is 2. The van der Waals surface area contributed by atoms with Gasteiger partial charge in [0.05, 0.1) is 5.56 Å². The molecule has 0 radical (unpaired) electrons. The molecule has 18 heavy (non-hydrogen) atoms. The highest BCUT2D eigenvalue weighted by Gasteiger charge is 2.07. The number of urea groups is 1. The Hall–Kier alpha value is -2.04. The Morgan fingerprint density at radius 3 is 2.61 bits per heavy atom. The SMILES string of the molecule is CCCCNC(=O)Nc1ccc(C(=O)O)cc1C. The molecule has 2 amide bonds. The van der Waals surface area contributed by atoms with Crippen LogP contribution in [0.25, 0.3) is 0 Å². The second-order valence-electron chi connectivity index (χ2n) is 4.07. The van der Waals surface area contributed by atoms with Crippen LogP contribution in [-0.2, 0) is 0 Å². The topological polar surface area (TPSA) is 78.4 Å². The molecule has 0 spiro atoms. The van der Waals surface area contributed by atoms with E-state index in [1.165, 1.54) is 12.1 Å². The lowest BCUT2D eigenvalue weighted by atomic mass is 10.1. The number of carboxylic acid groups (broad SMARTS) is 1. The largest absolute Gasteiger partial charge is 0.478 e. The van der Waals surface area contributed by atoms with Crippen LogP contribution in [0.4, 0.5) is 10.5 Å². The molecule has 0 aliphatic rings. The van der Waals surface area contributed by atoms with Crippen molar-refractivity contribution in [1.82, 2.24) is 5.32 Å². The van der Waals surface area contributed by atoms with E-state index in [9.17, 15) is 9.59 Å². The van der Waals surface area contributed by atoms with Gasteiger partial charge in [0.15, 0.2) is 0 Å². The van der Waals surface area contributed by atoms with Gasteiger partial charge in [-0.05, 0) is 37.1 Å². The fourth-order valence-corrected chi connectivity index (χ4v) is 1.48. The van der Waals surface area contributed by atoms with Crippen LogP contribution in [0.1, 0.15) is 35.7 Å². The van der Waals surface area contributed by atoms with Gasteiger partial charge in [0.25, 0.3) is 0 Å². The highest BCUT2D eigenvalue weighted by molar-refractivity contribution is 5.92. The number of rotatable bonds is 5. The van der Waals surface area contributed by atoms with Crippen molar-refractivity contribution in [2.24, 2.45) is 0 Å². The molecule has 0 unspecified atom stereocenters. The first-order valence-electron chi connectivity index (χ1n) is 5.93. The number of anilines is 1. The molecule has 0 heterocycles. The Kier molecular flexibility index (Phi) is 5.17. The van der Waals surface area contributed by atoms with Gasteiger partial charge < -0.3 is 15.7 Å². The zero-order valence-corrected chi connectivity index (χ0v) is 10.6. The Labute approximate surface area is 106 Å². The van der Waals surface area contributed by atoms with Gasteiger partial charge in [-0.3, -0.25) is 0 Å². The summed E-state index contributed by atoms with van der Waals surface area (Å²) in [7, 11) is 0. The van der Waals surface area contributed by atoms with Crippen LogP contribution in [0.3, 0.4) is 0 Å². The summed E-state index contributed by atoms with van der Waals surface area (Å²) in [6.45, 7) is 4.44. The maximum Gasteiger partial charge on any atom is 0.335 e. The van der Waals surface area contributed by atoms with Crippen molar-refractivity contribution in [2.45, 2.75) is 26.7 Å². The van der Waals surface area contributed by atoms with Crippen LogP contribution in [0.5, 0.6) is 0 Å². The molecule has 0 aliphatic carbocycles. The van der Waals surface area contributed by atoms with Crippen molar-refractivity contribution in [1.29, 1.82) is 0 Å². The van der Waals surface area contributed by atoms with Crippen LogP contribution >= 0.6 is 0 Å². The number of nitrogens with one attached hydrogen (secondary N) is 2. The van der Waals surface area contributed by atoms with Crippen molar-refractivity contribution < 1.29 is 14.7 Å². The fraction of sp³-hybridized carbons (Fsp3) is 0.385. The van der Waals surface area contributed by atoms with E-state index in [4.69, 9.17) is 5.11 Å². The third-order valence-electron chi connectivity index (χ3n) is 2.54. The molecule has 0 fully saturated rings. The van der Waals surface area contributed by atoms with Crippen molar-refractivity contribution in [3.8, 4) is 0 Å². The number of benzene rings is 1. The van der Waals surface area contributed by atoms with Gasteiger partial charge in [0.1, 0.15) is 0 Å². The normalized spacial score (nSPS) is 9.89. The van der Waals surface area contributed by atoms with Gasteiger partial charge in [0, 0.05) is 12.2 Å². The Morgan fingerprint density at radius 1 is 1.33 bits per heavy atom. The molecule has 5 heteroatoms. The average molecular weight is 250 g/mol. The first-order valence-corrected chi connectivity index (χ1v) is 5.93. The van der Waals surface area contributed by atoms with E-state index in [-0.39, 0.29) is 11.6 Å². The Balaban J connectivity index is 2.62. The molecule has 0 aliphatic heterocycles. The van der Waals surface area contributed by atoms with Crippen LogP contribution in [-0.4, -0.2) is 23.7 Å². The van der Waals surface area contributed by atoms with Gasteiger partial charge in [-0.15, -0.1) is 0 Å². The maximum absolute atomic E-state index is 11.5. The molecular formula is C13H18N2O3. The molecule has 0 saturated carbocycles. The predicted molar refractivity (Wildman–Crippen MR) is 70.1 cm³/mol. The number of aryl methyl sites for hydroxylation is 1. The van der Waals surface area contributed by atoms with Crippen molar-refractivity contribution in [2.75, 3.05) is 11.9 Å². The predicted octanol–water partition coefficient (Wildman–Crippen LogP) is 2.61. The third-order valence-corrected chi connectivity index (χ3v) is 2.54. The lowest BCUT2D eigenvalue weighted by molar-refractivity contribution is 0.0697. The van der Waals surface area contributed by atoms with E-state index in [1.54, 1.807) is 13.0 Å². The van der Waals surface area contributed by atoms with E-state index < -0.39 is 5.97 Å². The lowest BCUT2D eigenvalue weighted by Gasteiger charge is -2.10. The summed E-state index contributed by atoms with van der Waals surface area (Å²) in [6.07, 6.45) is 1.96. The monoisotopic (exact) mass is 250 g/mol. The molecule has 0 aromatic heterocycles. The number of carboxylic acids is 1. The van der Waals surface area contributed by atoms with Gasteiger partial charge >= 0.3 is 12.0 Å². The molecule has 0 bridgehead atoms. The molecule has 5 nitrogen and oxygen atoms in total. The minimum absolute atomic E-state index is 0.212. The molecule has 0 saturated heterocycles. The average Bonchev–Trinajstić information content (AvgIpc) is 2.32.